The molecule has 2 aliphatic carbocycles. The number of nitro benzene ring substituents is 1. The van der Waals surface area contributed by atoms with Gasteiger partial charge in [-0.25, -0.2) is 0 Å². The van der Waals surface area contributed by atoms with E-state index in [1.165, 1.54) is 25.0 Å². The van der Waals surface area contributed by atoms with Crippen molar-refractivity contribution in [1.29, 1.82) is 5.26 Å². The molecule has 2 fully saturated rings. The van der Waals surface area contributed by atoms with Crippen LogP contribution in [0.3, 0.4) is 0 Å². The van der Waals surface area contributed by atoms with Crippen LogP contribution in [0.2, 0.25) is 0 Å². The molecule has 2 saturated carbocycles. The predicted octanol–water partition coefficient (Wildman–Crippen LogP) is 3.84. The first-order valence-corrected chi connectivity index (χ1v) is 8.27. The van der Waals surface area contributed by atoms with Crippen LogP contribution < -0.4 is 5.32 Å². The maximum atomic E-state index is 11.2. The summed E-state index contributed by atoms with van der Waals surface area (Å²) < 4.78 is 5.61. The number of benzene rings is 1. The van der Waals surface area contributed by atoms with E-state index in [1.54, 1.807) is 6.07 Å². The SMILES string of the molecule is [CH2-]CO[C-]1CCC2(CC2)C(CNc2cc(C#N)ccc2[N+](=O)[O-])C1.[U+2]. The Kier molecular flexibility index (Phi) is 6.91. The Labute approximate surface area is 171 Å². The van der Waals surface area contributed by atoms with Crippen molar-refractivity contribution in [2.75, 3.05) is 18.5 Å². The molecule has 0 saturated heterocycles. The standard InChI is InChI=1S/C18H21N3O3.U/c1-2-24-15-5-6-18(7-8-18)14(10-15)12-20-16-9-13(11-19)3-4-17(16)21(22)23;/h3-4,9,14,20H,1-2,5-8,10,12H2;/q-2;+2. The predicted molar refractivity (Wildman–Crippen MR) is 89.9 cm³/mol. The average molecular weight is 565 g/mol. The van der Waals surface area contributed by atoms with Crippen molar-refractivity contribution in [3.05, 3.63) is 46.9 Å². The van der Waals surface area contributed by atoms with E-state index in [-0.39, 0.29) is 36.8 Å². The van der Waals surface area contributed by atoms with E-state index >= 15 is 0 Å². The molecule has 7 heteroatoms. The summed E-state index contributed by atoms with van der Waals surface area (Å²) in [7, 11) is 0. The van der Waals surface area contributed by atoms with E-state index in [2.05, 4.69) is 12.2 Å². The first-order valence-electron chi connectivity index (χ1n) is 8.27. The quantitative estimate of drug-likeness (QED) is 0.322. The van der Waals surface area contributed by atoms with Crippen LogP contribution in [0, 0.1) is 76.9 Å². The number of rotatable bonds is 6. The van der Waals surface area contributed by atoms with E-state index in [1.807, 2.05) is 6.07 Å². The van der Waals surface area contributed by atoms with Crippen molar-refractivity contribution in [1.82, 2.24) is 0 Å². The monoisotopic (exact) mass is 565 g/mol. The molecule has 130 valence electrons. The fraction of sp³-hybridized carbons (Fsp3) is 0.500. The molecule has 0 bridgehead atoms. The zero-order valence-electron chi connectivity index (χ0n) is 14.1. The summed E-state index contributed by atoms with van der Waals surface area (Å²) in [6.45, 7) is 4.83. The van der Waals surface area contributed by atoms with Gasteiger partial charge in [-0.15, -0.1) is 13.0 Å². The third kappa shape index (κ3) is 4.56. The normalized spacial score (nSPS) is 21.2. The second-order valence-corrected chi connectivity index (χ2v) is 6.63. The number of nitrogens with one attached hydrogen (secondary N) is 1. The Morgan fingerprint density at radius 3 is 2.84 bits per heavy atom. The summed E-state index contributed by atoms with van der Waals surface area (Å²) in [4.78, 5) is 10.8. The molecule has 0 radical (unpaired) electrons. The summed E-state index contributed by atoms with van der Waals surface area (Å²) in [5.41, 5.74) is 1.20. The molecule has 3 rings (SSSR count). The molecule has 1 spiro atoms. The van der Waals surface area contributed by atoms with Crippen LogP contribution in [-0.4, -0.2) is 18.1 Å². The van der Waals surface area contributed by atoms with E-state index in [0.717, 1.165) is 25.4 Å². The number of hydrogen-bond donors (Lipinski definition) is 1. The van der Waals surface area contributed by atoms with Gasteiger partial charge in [-0.1, -0.05) is 6.42 Å². The smallest absolute Gasteiger partial charge is 0.575 e. The van der Waals surface area contributed by atoms with Crippen LogP contribution in [0.5, 0.6) is 0 Å². The third-order valence-corrected chi connectivity index (χ3v) is 5.30. The Hall–Kier alpha value is -1.08. The first kappa shape index (κ1) is 20.2. The third-order valence-electron chi connectivity index (χ3n) is 5.30. The number of anilines is 1. The number of ether oxygens (including phenoxy) is 1. The van der Waals surface area contributed by atoms with Crippen molar-refractivity contribution in [2.24, 2.45) is 11.3 Å². The molecule has 0 heterocycles. The number of nitrogens with zero attached hydrogens (tertiary/aromatic N) is 2. The van der Waals surface area contributed by atoms with Crippen LogP contribution in [0.4, 0.5) is 11.4 Å². The fourth-order valence-electron chi connectivity index (χ4n) is 3.71. The van der Waals surface area contributed by atoms with Gasteiger partial charge in [-0.3, -0.25) is 10.1 Å². The van der Waals surface area contributed by atoms with Gasteiger partial charge in [-0.2, -0.15) is 17.8 Å². The van der Waals surface area contributed by atoms with Gasteiger partial charge in [0.05, 0.1) is 16.6 Å². The van der Waals surface area contributed by atoms with Gasteiger partial charge in [0.1, 0.15) is 5.69 Å². The van der Waals surface area contributed by atoms with Crippen LogP contribution >= 0.6 is 0 Å². The molecular weight excluding hydrogens is 544 g/mol. The fourth-order valence-corrected chi connectivity index (χ4v) is 3.71. The average Bonchev–Trinajstić information content (AvgIpc) is 3.35. The topological polar surface area (TPSA) is 88.2 Å². The molecule has 1 atom stereocenters. The minimum atomic E-state index is -0.416. The molecule has 25 heavy (non-hydrogen) atoms. The Morgan fingerprint density at radius 1 is 1.48 bits per heavy atom. The zero-order chi connectivity index (χ0) is 17.2. The molecule has 1 unspecified atom stereocenters. The van der Waals surface area contributed by atoms with Gasteiger partial charge >= 0.3 is 31.1 Å². The molecule has 0 aromatic heterocycles. The molecule has 1 N–H and O–H groups in total. The van der Waals surface area contributed by atoms with Gasteiger partial charge in [0.15, 0.2) is 0 Å². The summed E-state index contributed by atoms with van der Waals surface area (Å²) in [5.74, 6) is 0.401. The van der Waals surface area contributed by atoms with E-state index < -0.39 is 4.92 Å². The molecule has 2 aliphatic rings. The van der Waals surface area contributed by atoms with Crippen molar-refractivity contribution in [3.63, 3.8) is 0 Å². The summed E-state index contributed by atoms with van der Waals surface area (Å²) in [6, 6.07) is 6.44. The van der Waals surface area contributed by atoms with Crippen LogP contribution in [0.1, 0.15) is 37.7 Å². The van der Waals surface area contributed by atoms with Crippen LogP contribution in [-0.2, 0) is 4.74 Å². The Morgan fingerprint density at radius 2 is 2.24 bits per heavy atom. The maximum Gasteiger partial charge on any atom is 2.00 e. The summed E-state index contributed by atoms with van der Waals surface area (Å²) in [5, 5.41) is 23.4. The molecule has 6 nitrogen and oxygen atoms in total. The van der Waals surface area contributed by atoms with Gasteiger partial charge in [0.25, 0.3) is 5.69 Å². The first-order chi connectivity index (χ1) is 11.6. The molecule has 0 amide bonds. The Balaban J connectivity index is 0.00000225. The van der Waals surface area contributed by atoms with Gasteiger partial charge in [0, 0.05) is 12.6 Å². The number of nitriles is 1. The van der Waals surface area contributed by atoms with Gasteiger partial charge in [-0.05, 0) is 36.3 Å². The van der Waals surface area contributed by atoms with Crippen LogP contribution in [0.25, 0.3) is 0 Å². The molecule has 0 aliphatic heterocycles. The largest absolute Gasteiger partial charge is 2.00 e. The Bertz CT molecular complexity index is 670. The number of nitro groups is 1. The van der Waals surface area contributed by atoms with Crippen LogP contribution in [0.15, 0.2) is 18.2 Å². The maximum absolute atomic E-state index is 11.2. The zero-order valence-corrected chi connectivity index (χ0v) is 18.2. The summed E-state index contributed by atoms with van der Waals surface area (Å²) >= 11 is 0. The second kappa shape index (κ2) is 8.54. The minimum Gasteiger partial charge on any atom is -0.575 e. The van der Waals surface area contributed by atoms with Gasteiger partial charge < -0.3 is 17.0 Å². The van der Waals surface area contributed by atoms with Gasteiger partial charge in [0.2, 0.25) is 0 Å². The number of hydrogen-bond acceptors (Lipinski definition) is 5. The minimum absolute atomic E-state index is 0. The van der Waals surface area contributed by atoms with E-state index in [9.17, 15) is 10.1 Å². The van der Waals surface area contributed by atoms with Crippen molar-refractivity contribution >= 4 is 11.4 Å². The van der Waals surface area contributed by atoms with E-state index in [0.29, 0.717) is 35.7 Å². The van der Waals surface area contributed by atoms with Crippen molar-refractivity contribution < 1.29 is 40.8 Å². The summed E-state index contributed by atoms with van der Waals surface area (Å²) in [6.07, 6.45) is 6.53. The second-order valence-electron chi connectivity index (χ2n) is 6.63. The molecule has 1 aromatic carbocycles. The van der Waals surface area contributed by atoms with Crippen molar-refractivity contribution in [3.8, 4) is 6.07 Å². The molecular formula is C18H21N3O3U. The molecule has 1 aromatic rings. The van der Waals surface area contributed by atoms with Crippen molar-refractivity contribution in [2.45, 2.75) is 32.1 Å². The van der Waals surface area contributed by atoms with E-state index in [4.69, 9.17) is 10.00 Å².